The summed E-state index contributed by atoms with van der Waals surface area (Å²) in [5.74, 6) is -0.403. The number of urea groups is 1. The maximum atomic E-state index is 12.5. The van der Waals surface area contributed by atoms with Crippen LogP contribution in [0.25, 0.3) is 0 Å². The van der Waals surface area contributed by atoms with Crippen LogP contribution in [0.2, 0.25) is 5.02 Å². The van der Waals surface area contributed by atoms with Crippen LogP contribution in [0.4, 0.5) is 16.2 Å². The van der Waals surface area contributed by atoms with Gasteiger partial charge in [-0.2, -0.15) is 0 Å². The van der Waals surface area contributed by atoms with E-state index in [4.69, 9.17) is 17.3 Å². The number of halogens is 1. The van der Waals surface area contributed by atoms with Gasteiger partial charge in [0.15, 0.2) is 0 Å². The van der Waals surface area contributed by atoms with Gasteiger partial charge in [0, 0.05) is 18.7 Å². The molecule has 2 rings (SSSR count). The Balaban J connectivity index is 2.13. The van der Waals surface area contributed by atoms with Crippen LogP contribution in [-0.2, 0) is 9.59 Å². The Labute approximate surface area is 151 Å². The molecule has 4 N–H and O–H groups in total. The van der Waals surface area contributed by atoms with Gasteiger partial charge in [0.05, 0.1) is 10.7 Å². The molecule has 2 unspecified atom stereocenters. The fraction of sp³-hybridized carbons (Fsp3) is 0.471. The van der Waals surface area contributed by atoms with Gasteiger partial charge in [-0.15, -0.1) is 0 Å². The zero-order valence-corrected chi connectivity index (χ0v) is 15.1. The largest absolute Gasteiger partial charge is 0.352 e. The molecule has 136 valence electrons. The Morgan fingerprint density at radius 2 is 2.12 bits per heavy atom. The van der Waals surface area contributed by atoms with Crippen molar-refractivity contribution in [3.63, 3.8) is 0 Å². The molecule has 0 aliphatic carbocycles. The third-order valence-corrected chi connectivity index (χ3v) is 4.68. The number of anilines is 2. The topological polar surface area (TPSA) is 105 Å². The molecular formula is C17H23ClN4O3. The summed E-state index contributed by atoms with van der Waals surface area (Å²) in [5.41, 5.74) is 6.28. The van der Waals surface area contributed by atoms with E-state index in [2.05, 4.69) is 10.6 Å². The lowest BCUT2D eigenvalue weighted by atomic mass is 9.98. The first kappa shape index (κ1) is 19.1. The molecule has 0 aromatic heterocycles. The van der Waals surface area contributed by atoms with E-state index in [0.29, 0.717) is 35.8 Å². The number of primary amides is 1. The number of hydrogen-bond donors (Lipinski definition) is 3. The van der Waals surface area contributed by atoms with Crippen molar-refractivity contribution < 1.29 is 14.4 Å². The summed E-state index contributed by atoms with van der Waals surface area (Å²) in [4.78, 5) is 37.1. The third kappa shape index (κ3) is 4.63. The lowest BCUT2D eigenvalue weighted by Crippen LogP contribution is -2.49. The summed E-state index contributed by atoms with van der Waals surface area (Å²) < 4.78 is 0. The quantitative estimate of drug-likeness (QED) is 0.720. The zero-order valence-electron chi connectivity index (χ0n) is 14.3. The van der Waals surface area contributed by atoms with E-state index < -0.39 is 12.1 Å². The van der Waals surface area contributed by atoms with Crippen molar-refractivity contribution >= 4 is 40.8 Å². The molecule has 2 atom stereocenters. The molecule has 8 heteroatoms. The number of amides is 4. The van der Waals surface area contributed by atoms with Crippen LogP contribution in [0, 0.1) is 5.92 Å². The summed E-state index contributed by atoms with van der Waals surface area (Å²) in [7, 11) is 0. The van der Waals surface area contributed by atoms with Crippen molar-refractivity contribution in [2.75, 3.05) is 16.8 Å². The van der Waals surface area contributed by atoms with Gasteiger partial charge in [-0.1, -0.05) is 31.9 Å². The predicted octanol–water partition coefficient (Wildman–Crippen LogP) is 2.49. The number of nitrogens with two attached hydrogens (primary N) is 1. The van der Waals surface area contributed by atoms with Crippen LogP contribution in [-0.4, -0.2) is 30.4 Å². The van der Waals surface area contributed by atoms with Crippen molar-refractivity contribution in [3.8, 4) is 0 Å². The Bertz CT molecular complexity index is 680. The SMILES string of the molecule is CCC(C)C(NC(N)=O)C(=O)Nc1ccc(N2CCCC2=O)c(Cl)c1. The second kappa shape index (κ2) is 8.20. The number of benzene rings is 1. The van der Waals surface area contributed by atoms with Crippen LogP contribution in [0.5, 0.6) is 0 Å². The highest BCUT2D eigenvalue weighted by molar-refractivity contribution is 6.34. The fourth-order valence-electron chi connectivity index (χ4n) is 2.78. The minimum Gasteiger partial charge on any atom is -0.352 e. The Hall–Kier alpha value is -2.28. The molecule has 1 aromatic rings. The molecule has 0 saturated carbocycles. The Morgan fingerprint density at radius 1 is 1.40 bits per heavy atom. The molecule has 1 fully saturated rings. The van der Waals surface area contributed by atoms with Gasteiger partial charge in [0.25, 0.3) is 0 Å². The van der Waals surface area contributed by atoms with E-state index in [1.165, 1.54) is 0 Å². The van der Waals surface area contributed by atoms with E-state index in [-0.39, 0.29) is 17.7 Å². The number of nitrogens with one attached hydrogen (secondary N) is 2. The van der Waals surface area contributed by atoms with E-state index >= 15 is 0 Å². The third-order valence-electron chi connectivity index (χ3n) is 4.37. The normalized spacial score (nSPS) is 16.4. The number of rotatable bonds is 6. The van der Waals surface area contributed by atoms with Crippen molar-refractivity contribution in [1.82, 2.24) is 5.32 Å². The van der Waals surface area contributed by atoms with Crippen molar-refractivity contribution in [3.05, 3.63) is 23.2 Å². The number of nitrogens with zero attached hydrogens (tertiary/aromatic N) is 1. The molecule has 0 bridgehead atoms. The number of carbonyl (C=O) groups excluding carboxylic acids is 3. The van der Waals surface area contributed by atoms with Crippen LogP contribution in [0.1, 0.15) is 33.1 Å². The maximum absolute atomic E-state index is 12.5. The molecule has 4 amide bonds. The van der Waals surface area contributed by atoms with Crippen LogP contribution in [0.15, 0.2) is 18.2 Å². The molecule has 25 heavy (non-hydrogen) atoms. The van der Waals surface area contributed by atoms with Crippen LogP contribution >= 0.6 is 11.6 Å². The smallest absolute Gasteiger partial charge is 0.312 e. The highest BCUT2D eigenvalue weighted by Gasteiger charge is 2.26. The highest BCUT2D eigenvalue weighted by atomic mass is 35.5. The van der Waals surface area contributed by atoms with Crippen LogP contribution < -0.4 is 21.3 Å². The van der Waals surface area contributed by atoms with E-state index in [0.717, 1.165) is 6.42 Å². The molecule has 1 aliphatic rings. The molecule has 1 aromatic carbocycles. The van der Waals surface area contributed by atoms with Gasteiger partial charge < -0.3 is 21.3 Å². The van der Waals surface area contributed by atoms with E-state index in [1.54, 1.807) is 23.1 Å². The summed E-state index contributed by atoms with van der Waals surface area (Å²) in [6, 6.07) is 3.50. The molecular weight excluding hydrogens is 344 g/mol. The first-order valence-electron chi connectivity index (χ1n) is 8.30. The lowest BCUT2D eigenvalue weighted by molar-refractivity contribution is -0.119. The van der Waals surface area contributed by atoms with Crippen molar-refractivity contribution in [2.45, 2.75) is 39.2 Å². The van der Waals surface area contributed by atoms with Crippen LogP contribution in [0.3, 0.4) is 0 Å². The Kier molecular flexibility index (Phi) is 6.25. The standard InChI is InChI=1S/C17H23ClN4O3/c1-3-10(2)15(21-17(19)25)16(24)20-11-6-7-13(12(18)9-11)22-8-4-5-14(22)23/h6-7,9-10,15H,3-5,8H2,1-2H3,(H,20,24)(H3,19,21,25). The fourth-order valence-corrected chi connectivity index (χ4v) is 3.06. The maximum Gasteiger partial charge on any atom is 0.312 e. The first-order chi connectivity index (χ1) is 11.8. The Morgan fingerprint density at radius 3 is 2.64 bits per heavy atom. The first-order valence-corrected chi connectivity index (χ1v) is 8.68. The summed E-state index contributed by atoms with van der Waals surface area (Å²) in [6.45, 7) is 4.42. The van der Waals surface area contributed by atoms with Gasteiger partial charge in [-0.3, -0.25) is 9.59 Å². The minimum atomic E-state index is -0.749. The highest BCUT2D eigenvalue weighted by Crippen LogP contribution is 2.31. The van der Waals surface area contributed by atoms with Gasteiger partial charge in [-0.25, -0.2) is 4.79 Å². The average molecular weight is 367 g/mol. The summed E-state index contributed by atoms with van der Waals surface area (Å²) >= 11 is 6.28. The van der Waals surface area contributed by atoms with Crippen molar-refractivity contribution in [2.24, 2.45) is 11.7 Å². The zero-order chi connectivity index (χ0) is 18.6. The average Bonchev–Trinajstić information content (AvgIpc) is 2.97. The van der Waals surface area contributed by atoms with Gasteiger partial charge in [0.1, 0.15) is 6.04 Å². The van der Waals surface area contributed by atoms with Gasteiger partial charge >= 0.3 is 6.03 Å². The molecule has 1 aliphatic heterocycles. The minimum absolute atomic E-state index is 0.0428. The van der Waals surface area contributed by atoms with Gasteiger partial charge in [-0.05, 0) is 30.5 Å². The second-order valence-corrected chi connectivity index (χ2v) is 6.58. The van der Waals surface area contributed by atoms with E-state index in [1.807, 2.05) is 13.8 Å². The molecule has 0 radical (unpaired) electrons. The molecule has 1 heterocycles. The number of carbonyl (C=O) groups is 3. The van der Waals surface area contributed by atoms with Gasteiger partial charge in [0.2, 0.25) is 11.8 Å². The molecule has 1 saturated heterocycles. The lowest BCUT2D eigenvalue weighted by Gasteiger charge is -2.23. The van der Waals surface area contributed by atoms with E-state index in [9.17, 15) is 14.4 Å². The predicted molar refractivity (Wildman–Crippen MR) is 97.6 cm³/mol. The second-order valence-electron chi connectivity index (χ2n) is 6.18. The summed E-state index contributed by atoms with van der Waals surface area (Å²) in [5, 5.41) is 5.59. The van der Waals surface area contributed by atoms with Crippen molar-refractivity contribution in [1.29, 1.82) is 0 Å². The number of hydrogen-bond acceptors (Lipinski definition) is 3. The monoisotopic (exact) mass is 366 g/mol. The molecule has 7 nitrogen and oxygen atoms in total. The molecule has 0 spiro atoms. The summed E-state index contributed by atoms with van der Waals surface area (Å²) in [6.07, 6.45) is 2.03.